The van der Waals surface area contributed by atoms with Gasteiger partial charge >= 0.3 is 0 Å². The van der Waals surface area contributed by atoms with Crippen molar-refractivity contribution < 1.29 is 9.59 Å². The Hall–Kier alpha value is -2.04. The summed E-state index contributed by atoms with van der Waals surface area (Å²) >= 11 is 12.0. The first-order valence-electron chi connectivity index (χ1n) is 8.33. The number of rotatable bonds is 5. The van der Waals surface area contributed by atoms with Crippen molar-refractivity contribution in [1.29, 1.82) is 0 Å². The average molecular weight is 393 g/mol. The van der Waals surface area contributed by atoms with E-state index in [0.29, 0.717) is 15.7 Å². The third-order valence-electron chi connectivity index (χ3n) is 4.09. The molecule has 0 fully saturated rings. The summed E-state index contributed by atoms with van der Waals surface area (Å²) in [5.74, 6) is -0.265. The molecule has 0 spiro atoms. The quantitative estimate of drug-likeness (QED) is 0.738. The zero-order valence-corrected chi connectivity index (χ0v) is 16.8. The number of halogens is 2. The molecule has 2 rings (SSSR count). The van der Waals surface area contributed by atoms with Crippen molar-refractivity contribution in [3.63, 3.8) is 0 Å². The number of benzene rings is 2. The number of nitrogens with zero attached hydrogens (tertiary/aromatic N) is 1. The summed E-state index contributed by atoms with van der Waals surface area (Å²) in [7, 11) is 0. The van der Waals surface area contributed by atoms with Crippen LogP contribution in [0.25, 0.3) is 0 Å². The molecule has 6 heteroatoms. The van der Waals surface area contributed by atoms with Gasteiger partial charge in [-0.1, -0.05) is 55.2 Å². The Balaban J connectivity index is 2.24. The Morgan fingerprint density at radius 2 is 1.81 bits per heavy atom. The van der Waals surface area contributed by atoms with E-state index in [4.69, 9.17) is 23.2 Å². The van der Waals surface area contributed by atoms with Crippen molar-refractivity contribution in [2.45, 2.75) is 33.6 Å². The first-order chi connectivity index (χ1) is 12.2. The van der Waals surface area contributed by atoms with Crippen LogP contribution in [0.2, 0.25) is 10.0 Å². The molecule has 0 heterocycles. The first kappa shape index (κ1) is 20.3. The molecule has 0 aliphatic carbocycles. The van der Waals surface area contributed by atoms with Crippen LogP contribution in [0.5, 0.6) is 0 Å². The van der Waals surface area contributed by atoms with E-state index in [-0.39, 0.29) is 24.3 Å². The lowest BCUT2D eigenvalue weighted by atomic mass is 9.98. The highest BCUT2D eigenvalue weighted by Gasteiger charge is 2.19. The minimum Gasteiger partial charge on any atom is -0.324 e. The SMILES string of the molecule is CC(=O)N(CC(=O)Nc1c(C)cccc1C(C)C)c1ccc(Cl)c(Cl)c1. The van der Waals surface area contributed by atoms with Crippen LogP contribution in [0.3, 0.4) is 0 Å². The van der Waals surface area contributed by atoms with Crippen molar-refractivity contribution in [1.82, 2.24) is 0 Å². The van der Waals surface area contributed by atoms with Gasteiger partial charge < -0.3 is 10.2 Å². The van der Waals surface area contributed by atoms with Crippen molar-refractivity contribution in [3.05, 3.63) is 57.6 Å². The number of hydrogen-bond donors (Lipinski definition) is 1. The van der Waals surface area contributed by atoms with E-state index in [2.05, 4.69) is 19.2 Å². The number of para-hydroxylation sites is 1. The molecular formula is C20H22Cl2N2O2. The van der Waals surface area contributed by atoms with Gasteiger partial charge in [-0.3, -0.25) is 9.59 Å². The molecule has 0 unspecified atom stereocenters. The molecule has 0 saturated carbocycles. The molecule has 0 radical (unpaired) electrons. The molecule has 0 bridgehead atoms. The fourth-order valence-electron chi connectivity index (χ4n) is 2.70. The fraction of sp³-hybridized carbons (Fsp3) is 0.300. The maximum Gasteiger partial charge on any atom is 0.244 e. The van der Waals surface area contributed by atoms with E-state index < -0.39 is 0 Å². The van der Waals surface area contributed by atoms with Crippen LogP contribution in [0.4, 0.5) is 11.4 Å². The standard InChI is InChI=1S/C20H22Cl2N2O2/c1-12(2)16-7-5-6-13(3)20(16)23-19(26)11-24(14(4)25)15-8-9-17(21)18(22)10-15/h5-10,12H,11H2,1-4H3,(H,23,26). The van der Waals surface area contributed by atoms with Crippen molar-refractivity contribution in [2.75, 3.05) is 16.8 Å². The maximum atomic E-state index is 12.6. The van der Waals surface area contributed by atoms with Crippen LogP contribution in [-0.2, 0) is 9.59 Å². The zero-order chi connectivity index (χ0) is 19.4. The van der Waals surface area contributed by atoms with Gasteiger partial charge in [0.2, 0.25) is 11.8 Å². The van der Waals surface area contributed by atoms with Crippen LogP contribution in [0.1, 0.15) is 37.8 Å². The molecule has 1 N–H and O–H groups in total. The Labute approximate surface area is 164 Å². The van der Waals surface area contributed by atoms with Gasteiger partial charge in [0, 0.05) is 18.3 Å². The van der Waals surface area contributed by atoms with Gasteiger partial charge in [-0.05, 0) is 42.2 Å². The minimum absolute atomic E-state index is 0.112. The minimum atomic E-state index is -0.275. The largest absolute Gasteiger partial charge is 0.324 e. The molecule has 2 amide bonds. The first-order valence-corrected chi connectivity index (χ1v) is 9.08. The van der Waals surface area contributed by atoms with Crippen LogP contribution in [0.15, 0.2) is 36.4 Å². The lowest BCUT2D eigenvalue weighted by Gasteiger charge is -2.22. The van der Waals surface area contributed by atoms with E-state index in [1.54, 1.807) is 18.2 Å². The van der Waals surface area contributed by atoms with Crippen molar-refractivity contribution in [2.24, 2.45) is 0 Å². The number of nitrogens with one attached hydrogen (secondary N) is 1. The number of carbonyl (C=O) groups excluding carboxylic acids is 2. The van der Waals surface area contributed by atoms with Crippen molar-refractivity contribution >= 4 is 46.4 Å². The molecule has 26 heavy (non-hydrogen) atoms. The monoisotopic (exact) mass is 392 g/mol. The Kier molecular flexibility index (Phi) is 6.68. The van der Waals surface area contributed by atoms with Gasteiger partial charge in [0.25, 0.3) is 0 Å². The summed E-state index contributed by atoms with van der Waals surface area (Å²) in [4.78, 5) is 26.0. The lowest BCUT2D eigenvalue weighted by molar-refractivity contribution is -0.120. The highest BCUT2D eigenvalue weighted by atomic mass is 35.5. The molecule has 4 nitrogen and oxygen atoms in total. The molecule has 2 aromatic carbocycles. The second-order valence-corrected chi connectivity index (χ2v) is 7.26. The van der Waals surface area contributed by atoms with Crippen LogP contribution in [0, 0.1) is 6.92 Å². The van der Waals surface area contributed by atoms with E-state index in [1.807, 2.05) is 25.1 Å². The van der Waals surface area contributed by atoms with E-state index in [0.717, 1.165) is 16.8 Å². The number of hydrogen-bond acceptors (Lipinski definition) is 2. The van der Waals surface area contributed by atoms with E-state index in [9.17, 15) is 9.59 Å². The predicted octanol–water partition coefficient (Wildman–Crippen LogP) is 5.42. The molecule has 2 aromatic rings. The Morgan fingerprint density at radius 1 is 1.12 bits per heavy atom. The van der Waals surface area contributed by atoms with Gasteiger partial charge in [-0.15, -0.1) is 0 Å². The summed E-state index contributed by atoms with van der Waals surface area (Å²) in [6.45, 7) is 7.38. The summed E-state index contributed by atoms with van der Waals surface area (Å²) in [5, 5.41) is 3.67. The second kappa shape index (κ2) is 8.56. The summed E-state index contributed by atoms with van der Waals surface area (Å²) in [5.41, 5.74) is 3.36. The second-order valence-electron chi connectivity index (χ2n) is 6.45. The number of aryl methyl sites for hydroxylation is 1. The Morgan fingerprint density at radius 3 is 2.38 bits per heavy atom. The zero-order valence-electron chi connectivity index (χ0n) is 15.3. The number of carbonyl (C=O) groups is 2. The molecular weight excluding hydrogens is 371 g/mol. The topological polar surface area (TPSA) is 49.4 Å². The van der Waals surface area contributed by atoms with Gasteiger partial charge in [0.05, 0.1) is 10.0 Å². The molecule has 138 valence electrons. The average Bonchev–Trinajstić information content (AvgIpc) is 2.56. The van der Waals surface area contributed by atoms with Gasteiger partial charge in [-0.25, -0.2) is 0 Å². The highest BCUT2D eigenvalue weighted by Crippen LogP contribution is 2.29. The summed E-state index contributed by atoms with van der Waals surface area (Å²) < 4.78 is 0. The summed E-state index contributed by atoms with van der Waals surface area (Å²) in [6.07, 6.45) is 0. The van der Waals surface area contributed by atoms with Crippen LogP contribution < -0.4 is 10.2 Å². The number of amides is 2. The third-order valence-corrected chi connectivity index (χ3v) is 4.83. The van der Waals surface area contributed by atoms with E-state index >= 15 is 0 Å². The number of anilines is 2. The lowest BCUT2D eigenvalue weighted by Crippen LogP contribution is -2.37. The molecule has 0 aliphatic rings. The predicted molar refractivity (Wildman–Crippen MR) is 108 cm³/mol. The normalized spacial score (nSPS) is 10.7. The van der Waals surface area contributed by atoms with Gasteiger partial charge in [-0.2, -0.15) is 0 Å². The smallest absolute Gasteiger partial charge is 0.244 e. The van der Waals surface area contributed by atoms with Crippen molar-refractivity contribution in [3.8, 4) is 0 Å². The molecule has 0 atom stereocenters. The van der Waals surface area contributed by atoms with Gasteiger partial charge in [0.15, 0.2) is 0 Å². The third kappa shape index (κ3) is 4.77. The molecule has 0 aromatic heterocycles. The van der Waals surface area contributed by atoms with Crippen LogP contribution in [-0.4, -0.2) is 18.4 Å². The fourth-order valence-corrected chi connectivity index (χ4v) is 2.99. The highest BCUT2D eigenvalue weighted by molar-refractivity contribution is 6.42. The maximum absolute atomic E-state index is 12.6. The van der Waals surface area contributed by atoms with Crippen LogP contribution >= 0.6 is 23.2 Å². The van der Waals surface area contributed by atoms with Gasteiger partial charge in [0.1, 0.15) is 6.54 Å². The van der Waals surface area contributed by atoms with E-state index in [1.165, 1.54) is 11.8 Å². The molecule has 0 aliphatic heterocycles. The molecule has 0 saturated heterocycles. The Bertz CT molecular complexity index is 835. The summed E-state index contributed by atoms with van der Waals surface area (Å²) in [6, 6.07) is 10.8.